The Kier molecular flexibility index (Phi) is 6.04. The van der Waals surface area contributed by atoms with Crippen molar-refractivity contribution in [3.05, 3.63) is 48.3 Å². The van der Waals surface area contributed by atoms with Crippen molar-refractivity contribution in [1.29, 1.82) is 0 Å². The fourth-order valence-electron chi connectivity index (χ4n) is 2.78. The molecule has 2 atom stereocenters. The molecule has 1 aliphatic rings. The number of Topliss-reactive ketones (excluding diaryl/α,β-unsaturated/α-hetero) is 1. The van der Waals surface area contributed by atoms with Gasteiger partial charge >= 0.3 is 0 Å². The van der Waals surface area contributed by atoms with Crippen LogP contribution in [-0.4, -0.2) is 42.4 Å². The number of likely N-dealkylation sites (tertiary alicyclic amines) is 1. The van der Waals surface area contributed by atoms with Crippen LogP contribution in [0.1, 0.15) is 30.1 Å². The molecule has 124 valence electrons. The Morgan fingerprint density at radius 3 is 2.78 bits per heavy atom. The third-order valence-electron chi connectivity index (χ3n) is 4.04. The van der Waals surface area contributed by atoms with Crippen LogP contribution in [-0.2, 0) is 9.53 Å². The number of piperidine rings is 1. The normalized spacial score (nSPS) is 19.2. The zero-order valence-electron chi connectivity index (χ0n) is 13.3. The number of hydrogen-bond donors (Lipinski definition) is 0. The summed E-state index contributed by atoms with van der Waals surface area (Å²) in [5.74, 6) is -0.759. The molecule has 1 aliphatic heterocycles. The molecule has 5 heteroatoms. The fourth-order valence-corrected chi connectivity index (χ4v) is 2.78. The zero-order chi connectivity index (χ0) is 16.8. The Hall–Kier alpha value is -2.01. The van der Waals surface area contributed by atoms with Gasteiger partial charge < -0.3 is 9.64 Å². The summed E-state index contributed by atoms with van der Waals surface area (Å²) in [5.41, 5.74) is 0.488. The minimum Gasteiger partial charge on any atom is -0.365 e. The quantitative estimate of drug-likeness (QED) is 0.598. The third kappa shape index (κ3) is 4.48. The van der Waals surface area contributed by atoms with E-state index in [0.717, 1.165) is 12.8 Å². The molecule has 1 amide bonds. The van der Waals surface area contributed by atoms with Gasteiger partial charge in [0.15, 0.2) is 5.78 Å². The van der Waals surface area contributed by atoms with Gasteiger partial charge in [-0.2, -0.15) is 0 Å². The molecule has 1 aromatic rings. The van der Waals surface area contributed by atoms with Gasteiger partial charge in [-0.1, -0.05) is 6.08 Å². The molecule has 1 fully saturated rings. The second-order valence-electron chi connectivity index (χ2n) is 5.76. The van der Waals surface area contributed by atoms with Gasteiger partial charge in [0.25, 0.3) is 5.91 Å². The van der Waals surface area contributed by atoms with Crippen LogP contribution in [0.4, 0.5) is 4.39 Å². The number of amides is 1. The predicted molar refractivity (Wildman–Crippen MR) is 85.6 cm³/mol. The van der Waals surface area contributed by atoms with Crippen molar-refractivity contribution in [2.24, 2.45) is 5.92 Å². The van der Waals surface area contributed by atoms with Crippen molar-refractivity contribution in [2.75, 3.05) is 19.7 Å². The Labute approximate surface area is 135 Å². The molecular formula is C18H22FNO3. The minimum atomic E-state index is -0.548. The lowest BCUT2D eigenvalue weighted by atomic mass is 9.90. The summed E-state index contributed by atoms with van der Waals surface area (Å²) in [5, 5.41) is 0. The van der Waals surface area contributed by atoms with Crippen LogP contribution in [0.2, 0.25) is 0 Å². The number of ether oxygens (including phenoxy) is 1. The topological polar surface area (TPSA) is 46.6 Å². The lowest BCUT2D eigenvalue weighted by Gasteiger charge is -2.33. The number of ketones is 1. The van der Waals surface area contributed by atoms with E-state index in [0.29, 0.717) is 25.3 Å². The highest BCUT2D eigenvalue weighted by atomic mass is 19.1. The summed E-state index contributed by atoms with van der Waals surface area (Å²) < 4.78 is 18.3. The van der Waals surface area contributed by atoms with Gasteiger partial charge in [0.2, 0.25) is 0 Å². The van der Waals surface area contributed by atoms with E-state index in [4.69, 9.17) is 4.74 Å². The smallest absolute Gasteiger partial charge is 0.251 e. The standard InChI is InChI=1S/C18H22FNO3/c1-3-11-23-13(2)18(22)20-10-4-5-15(12-20)17(21)14-6-8-16(19)9-7-14/h3,6-9,13,15H,1,4-5,10-12H2,2H3/t13-,15+/m0/s1. The van der Waals surface area contributed by atoms with Gasteiger partial charge in [0.05, 0.1) is 6.61 Å². The zero-order valence-corrected chi connectivity index (χ0v) is 13.3. The van der Waals surface area contributed by atoms with Crippen molar-refractivity contribution >= 4 is 11.7 Å². The van der Waals surface area contributed by atoms with Gasteiger partial charge in [-0.3, -0.25) is 9.59 Å². The average molecular weight is 319 g/mol. The Balaban J connectivity index is 1.99. The van der Waals surface area contributed by atoms with E-state index in [9.17, 15) is 14.0 Å². The van der Waals surface area contributed by atoms with E-state index < -0.39 is 6.10 Å². The van der Waals surface area contributed by atoms with E-state index >= 15 is 0 Å². The third-order valence-corrected chi connectivity index (χ3v) is 4.04. The van der Waals surface area contributed by atoms with Crippen molar-refractivity contribution in [3.63, 3.8) is 0 Å². The van der Waals surface area contributed by atoms with E-state index in [1.54, 1.807) is 17.9 Å². The number of benzene rings is 1. The summed E-state index contributed by atoms with van der Waals surface area (Å²) in [7, 11) is 0. The maximum atomic E-state index is 13.0. The van der Waals surface area contributed by atoms with Crippen LogP contribution in [0.5, 0.6) is 0 Å². The van der Waals surface area contributed by atoms with Crippen molar-refractivity contribution < 1.29 is 18.7 Å². The molecule has 0 bridgehead atoms. The van der Waals surface area contributed by atoms with Crippen LogP contribution in [0.25, 0.3) is 0 Å². The molecule has 23 heavy (non-hydrogen) atoms. The summed E-state index contributed by atoms with van der Waals surface area (Å²) in [4.78, 5) is 26.6. The number of carbonyl (C=O) groups excluding carboxylic acids is 2. The largest absolute Gasteiger partial charge is 0.365 e. The second-order valence-corrected chi connectivity index (χ2v) is 5.76. The summed E-state index contributed by atoms with van der Waals surface area (Å²) in [6.07, 6.45) is 2.56. The highest BCUT2D eigenvalue weighted by molar-refractivity contribution is 5.98. The molecule has 1 aromatic carbocycles. The molecule has 0 radical (unpaired) electrons. The maximum Gasteiger partial charge on any atom is 0.251 e. The lowest BCUT2D eigenvalue weighted by Crippen LogP contribution is -2.46. The number of nitrogens with zero attached hydrogens (tertiary/aromatic N) is 1. The van der Waals surface area contributed by atoms with Crippen LogP contribution in [0, 0.1) is 11.7 Å². The highest BCUT2D eigenvalue weighted by Crippen LogP contribution is 2.22. The SMILES string of the molecule is C=CCO[C@@H](C)C(=O)N1CCC[C@@H](C(=O)c2ccc(F)cc2)C1. The Morgan fingerprint density at radius 1 is 1.43 bits per heavy atom. The van der Waals surface area contributed by atoms with E-state index in [-0.39, 0.29) is 23.4 Å². The first kappa shape index (κ1) is 17.3. The molecule has 1 heterocycles. The van der Waals surface area contributed by atoms with Gasteiger partial charge in [0.1, 0.15) is 11.9 Å². The predicted octanol–water partition coefficient (Wildman–Crippen LogP) is 2.84. The Morgan fingerprint density at radius 2 is 2.13 bits per heavy atom. The molecular weight excluding hydrogens is 297 g/mol. The number of hydrogen-bond acceptors (Lipinski definition) is 3. The van der Waals surface area contributed by atoms with E-state index in [1.165, 1.54) is 24.3 Å². The van der Waals surface area contributed by atoms with Crippen molar-refractivity contribution in [3.8, 4) is 0 Å². The van der Waals surface area contributed by atoms with Gasteiger partial charge in [-0.25, -0.2) is 4.39 Å². The first-order chi connectivity index (χ1) is 11.0. The number of carbonyl (C=O) groups is 2. The van der Waals surface area contributed by atoms with Gasteiger partial charge in [0, 0.05) is 24.6 Å². The second kappa shape index (κ2) is 8.02. The molecule has 4 nitrogen and oxygen atoms in total. The first-order valence-electron chi connectivity index (χ1n) is 7.84. The molecule has 0 saturated carbocycles. The van der Waals surface area contributed by atoms with Crippen molar-refractivity contribution in [1.82, 2.24) is 4.90 Å². The minimum absolute atomic E-state index is 0.0397. The number of rotatable bonds is 6. The highest BCUT2D eigenvalue weighted by Gasteiger charge is 2.31. The van der Waals surface area contributed by atoms with Gasteiger partial charge in [-0.05, 0) is 44.0 Å². The van der Waals surface area contributed by atoms with Crippen LogP contribution in [0.3, 0.4) is 0 Å². The lowest BCUT2D eigenvalue weighted by molar-refractivity contribution is -0.143. The Bertz CT molecular complexity index is 570. The fraction of sp³-hybridized carbons (Fsp3) is 0.444. The summed E-state index contributed by atoms with van der Waals surface area (Å²) in [6.45, 7) is 6.60. The summed E-state index contributed by atoms with van der Waals surface area (Å²) in [6, 6.07) is 5.55. The van der Waals surface area contributed by atoms with Crippen LogP contribution >= 0.6 is 0 Å². The number of halogens is 1. The van der Waals surface area contributed by atoms with Crippen LogP contribution < -0.4 is 0 Å². The van der Waals surface area contributed by atoms with Crippen molar-refractivity contribution in [2.45, 2.75) is 25.9 Å². The molecule has 1 saturated heterocycles. The maximum absolute atomic E-state index is 13.0. The molecule has 0 spiro atoms. The first-order valence-corrected chi connectivity index (χ1v) is 7.84. The van der Waals surface area contributed by atoms with Crippen LogP contribution in [0.15, 0.2) is 36.9 Å². The molecule has 0 N–H and O–H groups in total. The molecule has 2 rings (SSSR count). The van der Waals surface area contributed by atoms with E-state index in [2.05, 4.69) is 6.58 Å². The molecule has 0 aromatic heterocycles. The monoisotopic (exact) mass is 319 g/mol. The average Bonchev–Trinajstić information content (AvgIpc) is 2.59. The molecule has 0 unspecified atom stereocenters. The summed E-state index contributed by atoms with van der Waals surface area (Å²) >= 11 is 0. The molecule has 0 aliphatic carbocycles. The van der Waals surface area contributed by atoms with Gasteiger partial charge in [-0.15, -0.1) is 6.58 Å². The van der Waals surface area contributed by atoms with E-state index in [1.807, 2.05) is 0 Å².